The highest BCUT2D eigenvalue weighted by atomic mass is 32.2. The molecule has 1 unspecified atom stereocenters. The Balaban J connectivity index is 2.00. The Morgan fingerprint density at radius 2 is 2.04 bits per heavy atom. The molecule has 0 radical (unpaired) electrons. The van der Waals surface area contributed by atoms with Crippen LogP contribution in [0.3, 0.4) is 0 Å². The molecular formula is C17H27F3N4O2S. The van der Waals surface area contributed by atoms with E-state index >= 15 is 0 Å². The van der Waals surface area contributed by atoms with Gasteiger partial charge in [0, 0.05) is 18.7 Å². The molecule has 0 aliphatic carbocycles. The topological polar surface area (TPSA) is 67.2 Å². The van der Waals surface area contributed by atoms with Gasteiger partial charge >= 0.3 is 6.18 Å². The Labute approximate surface area is 158 Å². The third-order valence-electron chi connectivity index (χ3n) is 5.56. The number of alkyl halides is 3. The van der Waals surface area contributed by atoms with Crippen LogP contribution in [0.2, 0.25) is 0 Å². The lowest BCUT2D eigenvalue weighted by atomic mass is 9.94. The number of nitrogens with zero attached hydrogens (tertiary/aromatic N) is 3. The first-order chi connectivity index (χ1) is 12.5. The van der Waals surface area contributed by atoms with Gasteiger partial charge < -0.3 is 5.32 Å². The minimum absolute atomic E-state index is 0.0318. The Bertz CT molecular complexity index is 776. The predicted octanol–water partition coefficient (Wildman–Crippen LogP) is 3.70. The molecule has 1 fully saturated rings. The van der Waals surface area contributed by atoms with E-state index in [9.17, 15) is 21.6 Å². The molecule has 2 aliphatic heterocycles. The SMILES string of the molecule is CCS(=O)(=O)N1CCCCC1c1cc2n(n1)[C@@H](C(F)(F)F)C[C@@H](C(C)C)N2. The molecule has 6 nitrogen and oxygen atoms in total. The molecular weight excluding hydrogens is 381 g/mol. The molecule has 0 aromatic carbocycles. The molecule has 0 amide bonds. The summed E-state index contributed by atoms with van der Waals surface area (Å²) in [5.41, 5.74) is 0.396. The fourth-order valence-corrected chi connectivity index (χ4v) is 5.26. The van der Waals surface area contributed by atoms with Gasteiger partial charge in [0.2, 0.25) is 10.0 Å². The van der Waals surface area contributed by atoms with Gasteiger partial charge in [-0.15, -0.1) is 0 Å². The monoisotopic (exact) mass is 408 g/mol. The average molecular weight is 408 g/mol. The minimum Gasteiger partial charge on any atom is -0.367 e. The van der Waals surface area contributed by atoms with E-state index in [2.05, 4.69) is 10.4 Å². The Kier molecular flexibility index (Phi) is 5.51. The molecule has 3 rings (SSSR count). The first-order valence-electron chi connectivity index (χ1n) is 9.46. The first kappa shape index (κ1) is 20.4. The summed E-state index contributed by atoms with van der Waals surface area (Å²) >= 11 is 0. The summed E-state index contributed by atoms with van der Waals surface area (Å²) in [7, 11) is -3.44. The fraction of sp³-hybridized carbons (Fsp3) is 0.824. The van der Waals surface area contributed by atoms with E-state index < -0.39 is 28.3 Å². The zero-order valence-corrected chi connectivity index (χ0v) is 16.6. The van der Waals surface area contributed by atoms with Crippen molar-refractivity contribution < 1.29 is 21.6 Å². The molecule has 10 heteroatoms. The summed E-state index contributed by atoms with van der Waals surface area (Å²) in [5, 5.41) is 7.40. The number of anilines is 1. The van der Waals surface area contributed by atoms with Crippen molar-refractivity contribution in [1.82, 2.24) is 14.1 Å². The number of halogens is 3. The summed E-state index contributed by atoms with van der Waals surface area (Å²) in [4.78, 5) is 0. The van der Waals surface area contributed by atoms with Crippen LogP contribution < -0.4 is 5.32 Å². The van der Waals surface area contributed by atoms with Crippen molar-refractivity contribution in [3.63, 3.8) is 0 Å². The van der Waals surface area contributed by atoms with Crippen LogP contribution in [0, 0.1) is 5.92 Å². The quantitative estimate of drug-likeness (QED) is 0.825. The molecule has 3 heterocycles. The molecule has 27 heavy (non-hydrogen) atoms. The van der Waals surface area contributed by atoms with Crippen LogP contribution in [0.4, 0.5) is 19.0 Å². The number of piperidine rings is 1. The summed E-state index contributed by atoms with van der Waals surface area (Å²) in [6.07, 6.45) is -2.35. The molecule has 1 N–H and O–H groups in total. The largest absolute Gasteiger partial charge is 0.410 e. The number of hydrogen-bond donors (Lipinski definition) is 1. The van der Waals surface area contributed by atoms with Crippen LogP contribution in [-0.4, -0.2) is 47.0 Å². The van der Waals surface area contributed by atoms with Crippen LogP contribution in [0.5, 0.6) is 0 Å². The lowest BCUT2D eigenvalue weighted by molar-refractivity contribution is -0.174. The fourth-order valence-electron chi connectivity index (χ4n) is 3.92. The number of fused-ring (bicyclic) bond motifs is 1. The van der Waals surface area contributed by atoms with E-state index in [4.69, 9.17) is 0 Å². The molecule has 1 saturated heterocycles. The maximum absolute atomic E-state index is 13.6. The van der Waals surface area contributed by atoms with Gasteiger partial charge in [0.1, 0.15) is 5.82 Å². The number of rotatable bonds is 4. The van der Waals surface area contributed by atoms with Gasteiger partial charge in [0.05, 0.1) is 17.5 Å². The Morgan fingerprint density at radius 3 is 2.63 bits per heavy atom. The third-order valence-corrected chi connectivity index (χ3v) is 7.44. The van der Waals surface area contributed by atoms with Gasteiger partial charge in [-0.05, 0) is 32.1 Å². The molecule has 3 atom stereocenters. The van der Waals surface area contributed by atoms with Crippen LogP contribution in [0.25, 0.3) is 0 Å². The zero-order valence-electron chi connectivity index (χ0n) is 15.8. The third kappa shape index (κ3) is 3.96. The lowest BCUT2D eigenvalue weighted by Gasteiger charge is -2.35. The minimum atomic E-state index is -4.41. The Hall–Kier alpha value is -1.29. The normalized spacial score (nSPS) is 27.4. The van der Waals surface area contributed by atoms with Crippen molar-refractivity contribution in [2.45, 2.75) is 70.8 Å². The van der Waals surface area contributed by atoms with E-state index in [-0.39, 0.29) is 24.1 Å². The van der Waals surface area contributed by atoms with Gasteiger partial charge in [0.25, 0.3) is 0 Å². The Morgan fingerprint density at radius 1 is 1.33 bits per heavy atom. The molecule has 2 aliphatic rings. The summed E-state index contributed by atoms with van der Waals surface area (Å²) in [5.74, 6) is 0.320. The lowest BCUT2D eigenvalue weighted by Crippen LogP contribution is -2.41. The van der Waals surface area contributed by atoms with E-state index in [1.807, 2.05) is 13.8 Å². The summed E-state index contributed by atoms with van der Waals surface area (Å²) in [6, 6.07) is -0.915. The van der Waals surface area contributed by atoms with E-state index in [1.54, 1.807) is 13.0 Å². The summed E-state index contributed by atoms with van der Waals surface area (Å²) < 4.78 is 68.2. The van der Waals surface area contributed by atoms with Gasteiger partial charge in [-0.1, -0.05) is 20.3 Å². The number of aromatic nitrogens is 2. The maximum atomic E-state index is 13.6. The van der Waals surface area contributed by atoms with Crippen molar-refractivity contribution in [3.8, 4) is 0 Å². The van der Waals surface area contributed by atoms with Crippen LogP contribution >= 0.6 is 0 Å². The second-order valence-corrected chi connectivity index (χ2v) is 9.92. The highest BCUT2D eigenvalue weighted by molar-refractivity contribution is 7.89. The van der Waals surface area contributed by atoms with Crippen molar-refractivity contribution in [3.05, 3.63) is 11.8 Å². The number of sulfonamides is 1. The van der Waals surface area contributed by atoms with Crippen molar-refractivity contribution >= 4 is 15.8 Å². The van der Waals surface area contributed by atoms with Crippen molar-refractivity contribution in [2.24, 2.45) is 5.92 Å². The number of nitrogens with one attached hydrogen (secondary N) is 1. The van der Waals surface area contributed by atoms with Crippen LogP contribution in [0.15, 0.2) is 6.07 Å². The highest BCUT2D eigenvalue weighted by Gasteiger charge is 2.47. The average Bonchev–Trinajstić information content (AvgIpc) is 3.03. The molecule has 0 bridgehead atoms. The smallest absolute Gasteiger partial charge is 0.367 e. The zero-order chi connectivity index (χ0) is 20.0. The molecule has 1 aromatic rings. The van der Waals surface area contributed by atoms with Gasteiger partial charge in [-0.2, -0.15) is 22.6 Å². The molecule has 0 spiro atoms. The molecule has 0 saturated carbocycles. The number of hydrogen-bond acceptors (Lipinski definition) is 4. The summed E-state index contributed by atoms with van der Waals surface area (Å²) in [6.45, 7) is 5.73. The second-order valence-electron chi connectivity index (χ2n) is 7.71. The van der Waals surface area contributed by atoms with Gasteiger partial charge in [0.15, 0.2) is 6.04 Å². The van der Waals surface area contributed by atoms with E-state index in [0.717, 1.165) is 17.5 Å². The van der Waals surface area contributed by atoms with E-state index in [0.29, 0.717) is 24.5 Å². The predicted molar refractivity (Wildman–Crippen MR) is 96.9 cm³/mol. The second kappa shape index (κ2) is 7.27. The van der Waals surface area contributed by atoms with Crippen LogP contribution in [-0.2, 0) is 10.0 Å². The molecule has 154 valence electrons. The van der Waals surface area contributed by atoms with E-state index in [1.165, 1.54) is 4.31 Å². The van der Waals surface area contributed by atoms with Gasteiger partial charge in [-0.3, -0.25) is 0 Å². The van der Waals surface area contributed by atoms with Gasteiger partial charge in [-0.25, -0.2) is 13.1 Å². The highest BCUT2D eigenvalue weighted by Crippen LogP contribution is 2.42. The standard InChI is InChI=1S/C17H27F3N4O2S/c1-4-27(25,26)23-8-6-5-7-14(23)13-10-16-21-12(11(2)3)9-15(17(18,19)20)24(16)22-13/h10-12,14-15,21H,4-9H2,1-3H3/t12-,14?,15+/m0/s1. The van der Waals surface area contributed by atoms with Crippen molar-refractivity contribution in [1.29, 1.82) is 0 Å². The van der Waals surface area contributed by atoms with Crippen molar-refractivity contribution in [2.75, 3.05) is 17.6 Å². The maximum Gasteiger partial charge on any atom is 0.410 e. The van der Waals surface area contributed by atoms with Crippen LogP contribution in [0.1, 0.15) is 64.2 Å². The molecule has 1 aromatic heterocycles. The first-order valence-corrected chi connectivity index (χ1v) is 11.1.